The van der Waals surface area contributed by atoms with E-state index in [-0.39, 0.29) is 11.7 Å². The highest BCUT2D eigenvalue weighted by Gasteiger charge is 2.37. The second-order valence-corrected chi connectivity index (χ2v) is 7.10. The van der Waals surface area contributed by atoms with E-state index in [0.29, 0.717) is 29.4 Å². The standard InChI is InChI=1S/C23H25NO5/c1-26-18-10-5-7-13(23(18)29-4)21-14-11-19(27-2)20(28-3)12-16(14)24-15-8-6-9-17(25)22(15)21/h5,7,10-12,21,24H,6,8-9H2,1-4H3/t21-/m1/s1. The van der Waals surface area contributed by atoms with Gasteiger partial charge in [0.05, 0.1) is 28.4 Å². The molecule has 29 heavy (non-hydrogen) atoms. The molecule has 4 rings (SSSR count). The van der Waals surface area contributed by atoms with Crippen LogP contribution < -0.4 is 24.3 Å². The summed E-state index contributed by atoms with van der Waals surface area (Å²) < 4.78 is 22.3. The molecule has 2 aliphatic rings. The average Bonchev–Trinajstić information content (AvgIpc) is 2.76. The molecule has 1 heterocycles. The first-order valence-electron chi connectivity index (χ1n) is 9.63. The lowest BCUT2D eigenvalue weighted by Gasteiger charge is -2.35. The highest BCUT2D eigenvalue weighted by molar-refractivity contribution is 6.01. The van der Waals surface area contributed by atoms with Gasteiger partial charge in [0, 0.05) is 40.9 Å². The lowest BCUT2D eigenvalue weighted by atomic mass is 9.75. The Kier molecular flexibility index (Phi) is 5.09. The number of anilines is 1. The number of carbonyl (C=O) groups is 1. The van der Waals surface area contributed by atoms with Crippen molar-refractivity contribution in [2.45, 2.75) is 25.2 Å². The van der Waals surface area contributed by atoms with Crippen molar-refractivity contribution in [3.05, 3.63) is 52.7 Å². The third-order valence-electron chi connectivity index (χ3n) is 5.64. The first-order chi connectivity index (χ1) is 14.1. The normalized spacial score (nSPS) is 17.8. The van der Waals surface area contributed by atoms with Crippen LogP contribution in [0.1, 0.15) is 36.3 Å². The summed E-state index contributed by atoms with van der Waals surface area (Å²) in [5, 5.41) is 3.47. The zero-order valence-electron chi connectivity index (χ0n) is 17.1. The third-order valence-corrected chi connectivity index (χ3v) is 5.64. The Morgan fingerprint density at radius 2 is 1.59 bits per heavy atom. The number of rotatable bonds is 5. The van der Waals surface area contributed by atoms with Crippen molar-refractivity contribution >= 4 is 11.5 Å². The molecule has 0 unspecified atom stereocenters. The van der Waals surface area contributed by atoms with Gasteiger partial charge >= 0.3 is 0 Å². The number of fused-ring (bicyclic) bond motifs is 1. The van der Waals surface area contributed by atoms with Gasteiger partial charge in [-0.3, -0.25) is 4.79 Å². The fraction of sp³-hybridized carbons (Fsp3) is 0.348. The van der Waals surface area contributed by atoms with Crippen LogP contribution in [0.15, 0.2) is 41.6 Å². The summed E-state index contributed by atoms with van der Waals surface area (Å²) >= 11 is 0. The topological polar surface area (TPSA) is 66.0 Å². The minimum Gasteiger partial charge on any atom is -0.493 e. The van der Waals surface area contributed by atoms with Crippen LogP contribution in [0.2, 0.25) is 0 Å². The zero-order chi connectivity index (χ0) is 20.5. The van der Waals surface area contributed by atoms with E-state index in [1.807, 2.05) is 30.3 Å². The number of para-hydroxylation sites is 1. The number of hydrogen-bond donors (Lipinski definition) is 1. The largest absolute Gasteiger partial charge is 0.493 e. The van der Waals surface area contributed by atoms with Crippen molar-refractivity contribution in [2.24, 2.45) is 0 Å². The van der Waals surface area contributed by atoms with Crippen LogP contribution in [0.5, 0.6) is 23.0 Å². The summed E-state index contributed by atoms with van der Waals surface area (Å²) in [5.74, 6) is 2.41. The van der Waals surface area contributed by atoms with Gasteiger partial charge in [-0.1, -0.05) is 12.1 Å². The van der Waals surface area contributed by atoms with Crippen molar-refractivity contribution in [3.8, 4) is 23.0 Å². The fourth-order valence-corrected chi connectivity index (χ4v) is 4.35. The van der Waals surface area contributed by atoms with E-state index >= 15 is 0 Å². The number of carbonyl (C=O) groups excluding carboxylic acids is 1. The Morgan fingerprint density at radius 3 is 2.28 bits per heavy atom. The Balaban J connectivity index is 2.00. The molecule has 1 aliphatic carbocycles. The van der Waals surface area contributed by atoms with E-state index in [1.54, 1.807) is 28.4 Å². The summed E-state index contributed by atoms with van der Waals surface area (Å²) in [7, 11) is 6.46. The number of allylic oxidation sites excluding steroid dienone is 2. The Labute approximate surface area is 170 Å². The van der Waals surface area contributed by atoms with Crippen molar-refractivity contribution < 1.29 is 23.7 Å². The van der Waals surface area contributed by atoms with Crippen LogP contribution in [0.4, 0.5) is 5.69 Å². The fourth-order valence-electron chi connectivity index (χ4n) is 4.35. The molecule has 6 heteroatoms. The van der Waals surface area contributed by atoms with Gasteiger partial charge in [-0.05, 0) is 30.5 Å². The molecule has 0 spiro atoms. The molecule has 0 amide bonds. The number of nitrogens with one attached hydrogen (secondary N) is 1. The number of methoxy groups -OCH3 is 4. The predicted molar refractivity (Wildman–Crippen MR) is 110 cm³/mol. The molecule has 6 nitrogen and oxygen atoms in total. The van der Waals surface area contributed by atoms with Crippen molar-refractivity contribution in [2.75, 3.05) is 33.8 Å². The lowest BCUT2D eigenvalue weighted by molar-refractivity contribution is -0.116. The molecule has 0 fully saturated rings. The van der Waals surface area contributed by atoms with Crippen LogP contribution in [0.3, 0.4) is 0 Å². The maximum atomic E-state index is 13.0. The van der Waals surface area contributed by atoms with E-state index < -0.39 is 0 Å². The molecule has 2 aromatic carbocycles. The summed E-state index contributed by atoms with van der Waals surface area (Å²) in [6.45, 7) is 0. The minimum atomic E-state index is -0.279. The summed E-state index contributed by atoms with van der Waals surface area (Å²) in [4.78, 5) is 13.0. The minimum absolute atomic E-state index is 0.161. The van der Waals surface area contributed by atoms with Crippen molar-refractivity contribution in [1.82, 2.24) is 0 Å². The maximum absolute atomic E-state index is 13.0. The van der Waals surface area contributed by atoms with Gasteiger partial charge in [0.25, 0.3) is 0 Å². The summed E-state index contributed by atoms with van der Waals surface area (Å²) in [6, 6.07) is 9.64. The van der Waals surface area contributed by atoms with E-state index in [2.05, 4.69) is 5.32 Å². The van der Waals surface area contributed by atoms with Gasteiger partial charge in [0.2, 0.25) is 0 Å². The molecule has 1 atom stereocenters. The number of benzene rings is 2. The number of hydrogen-bond acceptors (Lipinski definition) is 6. The molecule has 1 aliphatic heterocycles. The van der Waals surface area contributed by atoms with E-state index in [1.165, 1.54) is 0 Å². The maximum Gasteiger partial charge on any atom is 0.164 e. The number of ketones is 1. The first kappa shape index (κ1) is 19.2. The number of ether oxygens (including phenoxy) is 4. The lowest BCUT2D eigenvalue weighted by Crippen LogP contribution is -2.27. The number of Topliss-reactive ketones (excluding diaryl/α,β-unsaturated/α-hetero) is 1. The average molecular weight is 395 g/mol. The van der Waals surface area contributed by atoms with Crippen LogP contribution >= 0.6 is 0 Å². The van der Waals surface area contributed by atoms with E-state index in [9.17, 15) is 4.79 Å². The molecule has 0 saturated carbocycles. The molecule has 0 aromatic heterocycles. The monoisotopic (exact) mass is 395 g/mol. The van der Waals surface area contributed by atoms with Gasteiger partial charge in [0.1, 0.15) is 0 Å². The highest BCUT2D eigenvalue weighted by atomic mass is 16.5. The first-order valence-corrected chi connectivity index (χ1v) is 9.63. The molecule has 0 bridgehead atoms. The highest BCUT2D eigenvalue weighted by Crippen LogP contribution is 2.51. The van der Waals surface area contributed by atoms with Crippen LogP contribution in [-0.2, 0) is 4.79 Å². The van der Waals surface area contributed by atoms with Gasteiger partial charge in [0.15, 0.2) is 28.8 Å². The van der Waals surface area contributed by atoms with Gasteiger partial charge in [-0.15, -0.1) is 0 Å². The molecular formula is C23H25NO5. The molecular weight excluding hydrogens is 370 g/mol. The second-order valence-electron chi connectivity index (χ2n) is 7.10. The smallest absolute Gasteiger partial charge is 0.164 e. The van der Waals surface area contributed by atoms with Crippen LogP contribution in [0, 0.1) is 0 Å². The molecule has 0 radical (unpaired) electrons. The van der Waals surface area contributed by atoms with Crippen LogP contribution in [0.25, 0.3) is 0 Å². The Morgan fingerprint density at radius 1 is 0.862 bits per heavy atom. The zero-order valence-corrected chi connectivity index (χ0v) is 17.1. The molecule has 152 valence electrons. The Hall–Kier alpha value is -3.15. The van der Waals surface area contributed by atoms with Crippen LogP contribution in [-0.4, -0.2) is 34.2 Å². The van der Waals surface area contributed by atoms with Gasteiger partial charge in [-0.25, -0.2) is 0 Å². The second kappa shape index (κ2) is 7.70. The molecule has 2 aromatic rings. The SMILES string of the molecule is COc1cc2c(cc1OC)[C@@H](c1cccc(OC)c1OC)C1=C(CCCC1=O)N2. The van der Waals surface area contributed by atoms with Crippen molar-refractivity contribution in [1.29, 1.82) is 0 Å². The molecule has 0 saturated heterocycles. The molecule has 1 N–H and O–H groups in total. The van der Waals surface area contributed by atoms with E-state index in [4.69, 9.17) is 18.9 Å². The van der Waals surface area contributed by atoms with E-state index in [0.717, 1.165) is 40.9 Å². The predicted octanol–water partition coefficient (Wildman–Crippen LogP) is 4.29. The summed E-state index contributed by atoms with van der Waals surface area (Å²) in [6.07, 6.45) is 2.22. The summed E-state index contributed by atoms with van der Waals surface area (Å²) in [5.41, 5.74) is 4.51. The quantitative estimate of drug-likeness (QED) is 0.815. The Bertz CT molecular complexity index is 995. The van der Waals surface area contributed by atoms with Gasteiger partial charge < -0.3 is 24.3 Å². The van der Waals surface area contributed by atoms with Gasteiger partial charge in [-0.2, -0.15) is 0 Å². The third kappa shape index (κ3) is 3.09. The van der Waals surface area contributed by atoms with Crippen molar-refractivity contribution in [3.63, 3.8) is 0 Å².